The molecular formula is C11H11ClN2O3S. The van der Waals surface area contributed by atoms with Crippen LogP contribution in [-0.4, -0.2) is 37.0 Å². The van der Waals surface area contributed by atoms with Gasteiger partial charge in [-0.2, -0.15) is 9.57 Å². The molecule has 0 radical (unpaired) electrons. The van der Waals surface area contributed by atoms with Crippen molar-refractivity contribution < 1.29 is 13.5 Å². The summed E-state index contributed by atoms with van der Waals surface area (Å²) < 4.78 is 25.8. The summed E-state index contributed by atoms with van der Waals surface area (Å²) in [6, 6.07) is 5.97. The molecule has 5 nitrogen and oxygen atoms in total. The fourth-order valence-electron chi connectivity index (χ4n) is 1.84. The van der Waals surface area contributed by atoms with Crippen molar-refractivity contribution in [2.75, 3.05) is 13.1 Å². The van der Waals surface area contributed by atoms with Crippen LogP contribution in [0.4, 0.5) is 0 Å². The molecule has 1 aromatic rings. The topological polar surface area (TPSA) is 81.4 Å². The molecular weight excluding hydrogens is 276 g/mol. The van der Waals surface area contributed by atoms with Crippen LogP contribution < -0.4 is 0 Å². The van der Waals surface area contributed by atoms with E-state index in [0.717, 1.165) is 0 Å². The van der Waals surface area contributed by atoms with Gasteiger partial charge in [0.2, 0.25) is 10.0 Å². The molecule has 0 spiro atoms. The summed E-state index contributed by atoms with van der Waals surface area (Å²) >= 11 is 5.87. The third-order valence-electron chi connectivity index (χ3n) is 2.80. The Morgan fingerprint density at radius 2 is 2.22 bits per heavy atom. The van der Waals surface area contributed by atoms with Crippen LogP contribution in [0.3, 0.4) is 0 Å². The molecule has 1 atom stereocenters. The minimum Gasteiger partial charge on any atom is -0.392 e. The van der Waals surface area contributed by atoms with Crippen molar-refractivity contribution >= 4 is 21.6 Å². The van der Waals surface area contributed by atoms with Gasteiger partial charge >= 0.3 is 0 Å². The van der Waals surface area contributed by atoms with Gasteiger partial charge in [-0.15, -0.1) is 0 Å². The van der Waals surface area contributed by atoms with Gasteiger partial charge in [0.1, 0.15) is 4.90 Å². The van der Waals surface area contributed by atoms with Gasteiger partial charge in [0.25, 0.3) is 0 Å². The van der Waals surface area contributed by atoms with E-state index in [1.165, 1.54) is 22.5 Å². The average Bonchev–Trinajstić information content (AvgIpc) is 2.77. The molecule has 1 aromatic carbocycles. The summed E-state index contributed by atoms with van der Waals surface area (Å²) in [6.07, 6.45) is -0.230. The molecule has 1 saturated heterocycles. The fraction of sp³-hybridized carbons (Fsp3) is 0.364. The van der Waals surface area contributed by atoms with Crippen molar-refractivity contribution in [3.8, 4) is 6.07 Å². The standard InChI is InChI=1S/C11H11ClN2O3S/c12-10-2-1-8(6-13)5-11(10)18(16,17)14-4-3-9(15)7-14/h1-2,5,9,15H,3-4,7H2. The molecule has 0 amide bonds. The summed E-state index contributed by atoms with van der Waals surface area (Å²) in [5, 5.41) is 18.3. The van der Waals surface area contributed by atoms with Gasteiger partial charge in [-0.3, -0.25) is 0 Å². The molecule has 0 aromatic heterocycles. The number of β-amino-alcohol motifs (C(OH)–C–C–N with tert-alkyl or cyclic N) is 1. The van der Waals surface area contributed by atoms with Crippen LogP contribution >= 0.6 is 11.6 Å². The monoisotopic (exact) mass is 286 g/mol. The van der Waals surface area contributed by atoms with E-state index in [0.29, 0.717) is 6.42 Å². The minimum absolute atomic E-state index is 0.0649. The van der Waals surface area contributed by atoms with E-state index in [2.05, 4.69) is 0 Å². The summed E-state index contributed by atoms with van der Waals surface area (Å²) in [5.74, 6) is 0. The molecule has 0 aliphatic carbocycles. The number of benzene rings is 1. The van der Waals surface area contributed by atoms with Gasteiger partial charge in [0.15, 0.2) is 0 Å². The van der Waals surface area contributed by atoms with Crippen LogP contribution in [0.15, 0.2) is 23.1 Å². The Kier molecular flexibility index (Phi) is 3.59. The Balaban J connectivity index is 2.45. The normalized spacial score (nSPS) is 20.8. The number of hydrogen-bond acceptors (Lipinski definition) is 4. The number of halogens is 1. The third-order valence-corrected chi connectivity index (χ3v) is 5.15. The van der Waals surface area contributed by atoms with Gasteiger partial charge < -0.3 is 5.11 Å². The molecule has 7 heteroatoms. The minimum atomic E-state index is -3.74. The van der Waals surface area contributed by atoms with Crippen molar-refractivity contribution in [3.63, 3.8) is 0 Å². The zero-order chi connectivity index (χ0) is 13.3. The van der Waals surface area contributed by atoms with Crippen LogP contribution in [0.5, 0.6) is 0 Å². The van der Waals surface area contributed by atoms with E-state index >= 15 is 0 Å². The Morgan fingerprint density at radius 3 is 2.78 bits per heavy atom. The highest BCUT2D eigenvalue weighted by Gasteiger charge is 2.33. The highest BCUT2D eigenvalue weighted by molar-refractivity contribution is 7.89. The number of rotatable bonds is 2. The highest BCUT2D eigenvalue weighted by Crippen LogP contribution is 2.27. The van der Waals surface area contributed by atoms with Gasteiger partial charge in [-0.25, -0.2) is 8.42 Å². The summed E-state index contributed by atoms with van der Waals surface area (Å²) in [6.45, 7) is 0.325. The first-order valence-electron chi connectivity index (χ1n) is 5.33. The lowest BCUT2D eigenvalue weighted by Gasteiger charge is -2.16. The van der Waals surface area contributed by atoms with E-state index in [1.807, 2.05) is 6.07 Å². The van der Waals surface area contributed by atoms with Crippen molar-refractivity contribution in [3.05, 3.63) is 28.8 Å². The van der Waals surface area contributed by atoms with Crippen molar-refractivity contribution in [2.24, 2.45) is 0 Å². The molecule has 1 heterocycles. The molecule has 1 aliphatic rings. The molecule has 1 N–H and O–H groups in total. The zero-order valence-corrected chi connectivity index (χ0v) is 10.9. The highest BCUT2D eigenvalue weighted by atomic mass is 35.5. The first-order chi connectivity index (χ1) is 8.45. The second-order valence-corrected chi connectivity index (χ2v) is 6.38. The number of hydrogen-bond donors (Lipinski definition) is 1. The maximum absolute atomic E-state index is 12.3. The lowest BCUT2D eigenvalue weighted by Crippen LogP contribution is -2.30. The van der Waals surface area contributed by atoms with E-state index in [4.69, 9.17) is 16.9 Å². The molecule has 1 aliphatic heterocycles. The Hall–Kier alpha value is -1.13. The van der Waals surface area contributed by atoms with Crippen LogP contribution in [0.2, 0.25) is 5.02 Å². The second kappa shape index (κ2) is 4.86. The molecule has 0 bridgehead atoms. The molecule has 1 fully saturated rings. The SMILES string of the molecule is N#Cc1ccc(Cl)c(S(=O)(=O)N2CCC(O)C2)c1. The first kappa shape index (κ1) is 13.3. The number of aliphatic hydroxyl groups is 1. The molecule has 2 rings (SSSR count). The van der Waals surface area contributed by atoms with Crippen molar-refractivity contribution in [1.82, 2.24) is 4.31 Å². The van der Waals surface area contributed by atoms with Gasteiger partial charge in [0.05, 0.1) is 22.8 Å². The van der Waals surface area contributed by atoms with E-state index in [1.54, 1.807) is 0 Å². The molecule has 18 heavy (non-hydrogen) atoms. The second-order valence-electron chi connectivity index (χ2n) is 4.06. The van der Waals surface area contributed by atoms with Gasteiger partial charge in [-0.1, -0.05) is 11.6 Å². The quantitative estimate of drug-likeness (QED) is 0.878. The smallest absolute Gasteiger partial charge is 0.244 e. The Labute approximate surface area is 110 Å². The largest absolute Gasteiger partial charge is 0.392 e. The maximum atomic E-state index is 12.3. The number of sulfonamides is 1. The maximum Gasteiger partial charge on any atom is 0.244 e. The number of aliphatic hydroxyl groups excluding tert-OH is 1. The Bertz CT molecular complexity index is 609. The number of nitrogens with zero attached hydrogens (tertiary/aromatic N) is 2. The predicted molar refractivity (Wildman–Crippen MR) is 65.5 cm³/mol. The fourth-order valence-corrected chi connectivity index (χ4v) is 3.83. The van der Waals surface area contributed by atoms with Crippen LogP contribution in [0.1, 0.15) is 12.0 Å². The summed E-state index contributed by atoms with van der Waals surface area (Å²) in [4.78, 5) is -0.0858. The van der Waals surface area contributed by atoms with Crippen molar-refractivity contribution in [2.45, 2.75) is 17.4 Å². The lowest BCUT2D eigenvalue weighted by atomic mass is 10.2. The summed E-state index contributed by atoms with van der Waals surface area (Å²) in [5.41, 5.74) is 0.234. The summed E-state index contributed by atoms with van der Waals surface area (Å²) in [7, 11) is -3.74. The zero-order valence-electron chi connectivity index (χ0n) is 9.38. The average molecular weight is 287 g/mol. The van der Waals surface area contributed by atoms with Crippen molar-refractivity contribution in [1.29, 1.82) is 5.26 Å². The van der Waals surface area contributed by atoms with Gasteiger partial charge in [-0.05, 0) is 24.6 Å². The van der Waals surface area contributed by atoms with E-state index in [9.17, 15) is 13.5 Å². The first-order valence-corrected chi connectivity index (χ1v) is 7.15. The Morgan fingerprint density at radius 1 is 1.50 bits per heavy atom. The lowest BCUT2D eigenvalue weighted by molar-refractivity contribution is 0.189. The number of nitriles is 1. The molecule has 96 valence electrons. The molecule has 0 saturated carbocycles. The van der Waals surface area contributed by atoms with Gasteiger partial charge in [0, 0.05) is 13.1 Å². The molecule has 1 unspecified atom stereocenters. The third kappa shape index (κ3) is 2.35. The van der Waals surface area contributed by atoms with Crippen LogP contribution in [-0.2, 0) is 10.0 Å². The van der Waals surface area contributed by atoms with Crippen LogP contribution in [0, 0.1) is 11.3 Å². The van der Waals surface area contributed by atoms with Crippen LogP contribution in [0.25, 0.3) is 0 Å². The predicted octanol–water partition coefficient (Wildman–Crippen LogP) is 0.967. The van der Waals surface area contributed by atoms with E-state index < -0.39 is 16.1 Å². The van der Waals surface area contributed by atoms with E-state index in [-0.39, 0.29) is 28.6 Å².